The minimum atomic E-state index is -3.50. The molecule has 19 heavy (non-hydrogen) atoms. The van der Waals surface area contributed by atoms with Gasteiger partial charge in [-0.2, -0.15) is 16.9 Å². The first-order valence-corrected chi connectivity index (χ1v) is 7.81. The Bertz CT molecular complexity index is 602. The largest absolute Gasteiger partial charge is 0.313 e. The van der Waals surface area contributed by atoms with Crippen molar-refractivity contribution in [1.82, 2.24) is 9.29 Å². The number of nitrogens with zero attached hydrogens (tertiary/aromatic N) is 2. The van der Waals surface area contributed by atoms with Crippen molar-refractivity contribution in [2.24, 2.45) is 0 Å². The third-order valence-electron chi connectivity index (χ3n) is 2.80. The van der Waals surface area contributed by atoms with Crippen LogP contribution in [0.1, 0.15) is 13.3 Å². The van der Waals surface area contributed by atoms with Crippen molar-refractivity contribution in [3.05, 3.63) is 18.3 Å². The quantitative estimate of drug-likeness (QED) is 0.499. The zero-order valence-corrected chi connectivity index (χ0v) is 12.2. The molecule has 1 aromatic rings. The van der Waals surface area contributed by atoms with E-state index in [1.54, 1.807) is 13.0 Å². The Morgan fingerprint density at radius 2 is 2.32 bits per heavy atom. The molecule has 102 valence electrons. The number of sulfonamides is 1. The van der Waals surface area contributed by atoms with Gasteiger partial charge in [0.2, 0.25) is 0 Å². The second-order valence-corrected chi connectivity index (χ2v) is 6.81. The van der Waals surface area contributed by atoms with E-state index in [0.717, 1.165) is 6.42 Å². The maximum Gasteiger partial charge on any atom is 0.260 e. The highest BCUT2D eigenvalue weighted by atomic mass is 32.2. The van der Waals surface area contributed by atoms with Gasteiger partial charge in [-0.1, -0.05) is 5.92 Å². The number of hydrogen-bond donors (Lipinski definition) is 2. The molecular weight excluding hydrogens is 282 g/mol. The molecule has 2 heterocycles. The van der Waals surface area contributed by atoms with Crippen LogP contribution < -0.4 is 5.32 Å². The lowest BCUT2D eigenvalue weighted by molar-refractivity contribution is 0.475. The summed E-state index contributed by atoms with van der Waals surface area (Å²) in [6.07, 6.45) is 2.24. The van der Waals surface area contributed by atoms with Crippen LogP contribution in [0, 0.1) is 12.0 Å². The molecular formula is C12H15N3O2S2. The summed E-state index contributed by atoms with van der Waals surface area (Å²) in [4.78, 5) is 3.99. The molecule has 2 rings (SSSR count). The van der Waals surface area contributed by atoms with Gasteiger partial charge in [-0.3, -0.25) is 0 Å². The average Bonchev–Trinajstić information content (AvgIpc) is 2.84. The van der Waals surface area contributed by atoms with E-state index in [2.05, 4.69) is 34.9 Å². The molecule has 0 spiro atoms. The molecule has 0 radical (unpaired) electrons. The van der Waals surface area contributed by atoms with Gasteiger partial charge in [0.05, 0.1) is 11.9 Å². The van der Waals surface area contributed by atoms with Gasteiger partial charge >= 0.3 is 0 Å². The second kappa shape index (κ2) is 5.82. The molecule has 1 aliphatic rings. The van der Waals surface area contributed by atoms with E-state index < -0.39 is 10.0 Å². The molecule has 1 saturated heterocycles. The van der Waals surface area contributed by atoms with Crippen LogP contribution in [0.15, 0.2) is 23.4 Å². The molecule has 1 unspecified atom stereocenters. The van der Waals surface area contributed by atoms with Crippen molar-refractivity contribution in [2.45, 2.75) is 23.6 Å². The first-order valence-electron chi connectivity index (χ1n) is 5.86. The van der Waals surface area contributed by atoms with E-state index in [1.807, 2.05) is 0 Å². The zero-order chi connectivity index (χ0) is 13.9. The highest BCUT2D eigenvalue weighted by Crippen LogP contribution is 2.22. The standard InChI is InChI=1S/C12H15N3O2S2/c1-2-6-13-10-3-4-12(14-8-10)19(16,17)15-7-5-11(18)9-15/h3-4,8,11,13,18H,5,7,9H2,1H3. The summed E-state index contributed by atoms with van der Waals surface area (Å²) in [5.74, 6) is 2.69. The first kappa shape index (κ1) is 14.2. The first-order chi connectivity index (χ1) is 9.04. The molecule has 1 N–H and O–H groups in total. The number of anilines is 1. The van der Waals surface area contributed by atoms with Crippen LogP contribution in [0.5, 0.6) is 0 Å². The molecule has 0 aromatic carbocycles. The fourth-order valence-electron chi connectivity index (χ4n) is 1.80. The molecule has 5 nitrogen and oxygen atoms in total. The fourth-order valence-corrected chi connectivity index (χ4v) is 3.64. The van der Waals surface area contributed by atoms with E-state index in [4.69, 9.17) is 0 Å². The molecule has 0 amide bonds. The summed E-state index contributed by atoms with van der Waals surface area (Å²) in [5, 5.41) is 2.97. The van der Waals surface area contributed by atoms with Gasteiger partial charge in [-0.25, -0.2) is 13.4 Å². The normalized spacial score (nSPS) is 19.8. The van der Waals surface area contributed by atoms with Crippen molar-refractivity contribution < 1.29 is 8.42 Å². The van der Waals surface area contributed by atoms with E-state index in [0.29, 0.717) is 18.8 Å². The van der Waals surface area contributed by atoms with Crippen molar-refractivity contribution in [1.29, 1.82) is 0 Å². The summed E-state index contributed by atoms with van der Waals surface area (Å²) in [6.45, 7) is 2.65. The molecule has 7 heteroatoms. The van der Waals surface area contributed by atoms with Gasteiger partial charge in [-0.15, -0.1) is 0 Å². The highest BCUT2D eigenvalue weighted by Gasteiger charge is 2.31. The van der Waals surface area contributed by atoms with Crippen LogP contribution in [-0.4, -0.2) is 36.0 Å². The molecule has 0 saturated carbocycles. The van der Waals surface area contributed by atoms with E-state index in [1.165, 1.54) is 16.6 Å². The summed E-state index contributed by atoms with van der Waals surface area (Å²) in [7, 11) is -3.50. The Labute approximate surface area is 118 Å². The van der Waals surface area contributed by atoms with E-state index >= 15 is 0 Å². The topological polar surface area (TPSA) is 62.3 Å². The Balaban J connectivity index is 2.18. The van der Waals surface area contributed by atoms with Gasteiger partial charge < -0.3 is 5.32 Å². The lowest BCUT2D eigenvalue weighted by Gasteiger charge is -2.15. The van der Waals surface area contributed by atoms with Crippen molar-refractivity contribution in [2.75, 3.05) is 18.4 Å². The minimum absolute atomic E-state index is 0.0601. The van der Waals surface area contributed by atoms with Gasteiger partial charge in [0.1, 0.15) is 0 Å². The average molecular weight is 297 g/mol. The van der Waals surface area contributed by atoms with Crippen LogP contribution in [-0.2, 0) is 10.0 Å². The second-order valence-electron chi connectivity index (χ2n) is 4.19. The maximum absolute atomic E-state index is 12.3. The van der Waals surface area contributed by atoms with Crippen LogP contribution in [0.3, 0.4) is 0 Å². The number of hydrogen-bond acceptors (Lipinski definition) is 5. The number of thiol groups is 1. The lowest BCUT2D eigenvalue weighted by atomic mass is 10.4. The Morgan fingerprint density at radius 3 is 2.84 bits per heavy atom. The highest BCUT2D eigenvalue weighted by molar-refractivity contribution is 7.89. The summed E-state index contributed by atoms with van der Waals surface area (Å²) >= 11 is 4.30. The summed E-state index contributed by atoms with van der Waals surface area (Å²) < 4.78 is 26.0. The van der Waals surface area contributed by atoms with Gasteiger partial charge in [0.15, 0.2) is 5.03 Å². The third-order valence-corrected chi connectivity index (χ3v) is 5.00. The van der Waals surface area contributed by atoms with Crippen LogP contribution >= 0.6 is 12.6 Å². The SMILES string of the molecule is CC#CNc1ccc(S(=O)(=O)N2CCC(S)C2)nc1. The van der Waals surface area contributed by atoms with E-state index in [9.17, 15) is 8.42 Å². The predicted molar refractivity (Wildman–Crippen MR) is 77.5 cm³/mol. The smallest absolute Gasteiger partial charge is 0.260 e. The van der Waals surface area contributed by atoms with Crippen LogP contribution in [0.2, 0.25) is 0 Å². The maximum atomic E-state index is 12.3. The Hall–Kier alpha value is -1.23. The molecule has 1 atom stereocenters. The van der Waals surface area contributed by atoms with E-state index in [-0.39, 0.29) is 10.3 Å². The number of nitrogens with one attached hydrogen (secondary N) is 1. The van der Waals surface area contributed by atoms with Crippen LogP contribution in [0.4, 0.5) is 5.69 Å². The molecule has 0 aliphatic carbocycles. The van der Waals surface area contributed by atoms with Crippen molar-refractivity contribution in [3.8, 4) is 12.0 Å². The van der Waals surface area contributed by atoms with Gasteiger partial charge in [0.25, 0.3) is 10.0 Å². The predicted octanol–water partition coefficient (Wildman–Crippen LogP) is 1.17. The minimum Gasteiger partial charge on any atom is -0.313 e. The zero-order valence-electron chi connectivity index (χ0n) is 10.5. The molecule has 1 aromatic heterocycles. The third kappa shape index (κ3) is 3.21. The van der Waals surface area contributed by atoms with Crippen molar-refractivity contribution >= 4 is 28.3 Å². The Morgan fingerprint density at radius 1 is 1.53 bits per heavy atom. The molecule has 1 aliphatic heterocycles. The number of pyridine rings is 1. The fraction of sp³-hybridized carbons (Fsp3) is 0.417. The summed E-state index contributed by atoms with van der Waals surface area (Å²) in [6, 6.07) is 5.81. The molecule has 0 bridgehead atoms. The lowest BCUT2D eigenvalue weighted by Crippen LogP contribution is -2.29. The summed E-state index contributed by atoms with van der Waals surface area (Å²) in [5.41, 5.74) is 0.668. The number of aromatic nitrogens is 1. The van der Waals surface area contributed by atoms with Gasteiger partial charge in [-0.05, 0) is 25.5 Å². The Kier molecular flexibility index (Phi) is 4.34. The van der Waals surface area contributed by atoms with Crippen LogP contribution in [0.25, 0.3) is 0 Å². The van der Waals surface area contributed by atoms with Gasteiger partial charge in [0, 0.05) is 24.4 Å². The molecule has 1 fully saturated rings. The number of rotatable bonds is 3. The van der Waals surface area contributed by atoms with Crippen molar-refractivity contribution in [3.63, 3.8) is 0 Å². The monoisotopic (exact) mass is 297 g/mol.